The third kappa shape index (κ3) is 6.02. The van der Waals surface area contributed by atoms with Gasteiger partial charge in [0.15, 0.2) is 0 Å². The molecule has 1 aromatic rings. The minimum atomic E-state index is 0. The van der Waals surface area contributed by atoms with Crippen LogP contribution in [-0.4, -0.2) is 74.1 Å². The molecular formula is C19H32Cl2N4O. The molecule has 2 saturated heterocycles. The number of piperazine rings is 2. The van der Waals surface area contributed by atoms with E-state index in [4.69, 9.17) is 0 Å². The molecule has 2 aliphatic heterocycles. The van der Waals surface area contributed by atoms with Gasteiger partial charge in [0.2, 0.25) is 5.91 Å². The van der Waals surface area contributed by atoms with Crippen LogP contribution in [0.4, 0.5) is 5.69 Å². The summed E-state index contributed by atoms with van der Waals surface area (Å²) in [7, 11) is 0. The zero-order valence-electron chi connectivity index (χ0n) is 15.8. The maximum Gasteiger partial charge on any atom is 0.224 e. The lowest BCUT2D eigenvalue weighted by molar-refractivity contribution is -0.134. The van der Waals surface area contributed by atoms with Crippen LogP contribution in [0.3, 0.4) is 0 Å². The van der Waals surface area contributed by atoms with Gasteiger partial charge in [-0.25, -0.2) is 0 Å². The Balaban J connectivity index is 0.00000169. The number of amides is 1. The van der Waals surface area contributed by atoms with Crippen molar-refractivity contribution >= 4 is 36.4 Å². The number of nitrogens with one attached hydrogen (secondary N) is 1. The molecule has 26 heavy (non-hydrogen) atoms. The zero-order chi connectivity index (χ0) is 16.9. The van der Waals surface area contributed by atoms with Crippen molar-refractivity contribution in [3.63, 3.8) is 0 Å². The van der Waals surface area contributed by atoms with Gasteiger partial charge in [-0.3, -0.25) is 9.69 Å². The van der Waals surface area contributed by atoms with Gasteiger partial charge in [-0.1, -0.05) is 12.1 Å². The van der Waals surface area contributed by atoms with Gasteiger partial charge in [0.1, 0.15) is 0 Å². The van der Waals surface area contributed by atoms with Crippen LogP contribution in [0.25, 0.3) is 0 Å². The van der Waals surface area contributed by atoms with E-state index in [0.717, 1.165) is 52.4 Å². The summed E-state index contributed by atoms with van der Waals surface area (Å²) in [6.45, 7) is 12.0. The fraction of sp³-hybridized carbons (Fsp3) is 0.632. The average molecular weight is 403 g/mol. The van der Waals surface area contributed by atoms with E-state index in [9.17, 15) is 4.79 Å². The lowest BCUT2D eigenvalue weighted by Crippen LogP contribution is -2.53. The van der Waals surface area contributed by atoms with Crippen LogP contribution in [0.1, 0.15) is 18.9 Å². The van der Waals surface area contributed by atoms with Crippen molar-refractivity contribution in [2.45, 2.75) is 26.3 Å². The molecule has 0 spiro atoms. The number of anilines is 1. The molecule has 0 radical (unpaired) electrons. The standard InChI is InChI=1S/C19H30N4O.2ClH/c1-16-4-3-5-18(14-16)22-12-10-21(11-13-22)8-6-19(24)23-9-7-20-15-17(23)2;;/h3-5,14,17,20H,6-13,15H2,1-2H3;2*1H/t17-;;/m1../s1. The minimum absolute atomic E-state index is 0. The molecule has 3 rings (SSSR count). The average Bonchev–Trinajstić information content (AvgIpc) is 2.60. The molecule has 1 aromatic carbocycles. The SMILES string of the molecule is Cc1cccc(N2CCN(CCC(=O)N3CCNC[C@H]3C)CC2)c1.Cl.Cl. The second-order valence-corrected chi connectivity index (χ2v) is 7.06. The molecule has 148 valence electrons. The molecule has 2 heterocycles. The molecule has 1 atom stereocenters. The number of benzene rings is 1. The summed E-state index contributed by atoms with van der Waals surface area (Å²) in [6.07, 6.45) is 0.648. The van der Waals surface area contributed by atoms with E-state index in [0.29, 0.717) is 18.4 Å². The molecule has 0 unspecified atom stereocenters. The second kappa shape index (κ2) is 11.0. The quantitative estimate of drug-likeness (QED) is 0.837. The summed E-state index contributed by atoms with van der Waals surface area (Å²) >= 11 is 0. The highest BCUT2D eigenvalue weighted by molar-refractivity contribution is 5.85. The highest BCUT2D eigenvalue weighted by Crippen LogP contribution is 2.18. The van der Waals surface area contributed by atoms with Crippen molar-refractivity contribution in [3.05, 3.63) is 29.8 Å². The number of aryl methyl sites for hydroxylation is 1. The first kappa shape index (κ1) is 23.0. The third-order valence-electron chi connectivity index (χ3n) is 5.20. The van der Waals surface area contributed by atoms with Crippen LogP contribution in [0.5, 0.6) is 0 Å². The van der Waals surface area contributed by atoms with Crippen molar-refractivity contribution in [2.75, 3.05) is 57.3 Å². The van der Waals surface area contributed by atoms with E-state index in [-0.39, 0.29) is 24.8 Å². The lowest BCUT2D eigenvalue weighted by Gasteiger charge is -2.37. The zero-order valence-corrected chi connectivity index (χ0v) is 17.5. The topological polar surface area (TPSA) is 38.8 Å². The molecule has 2 aliphatic rings. The third-order valence-corrected chi connectivity index (χ3v) is 5.20. The van der Waals surface area contributed by atoms with Crippen molar-refractivity contribution in [1.82, 2.24) is 15.1 Å². The summed E-state index contributed by atoms with van der Waals surface area (Å²) < 4.78 is 0. The summed E-state index contributed by atoms with van der Waals surface area (Å²) in [5.41, 5.74) is 2.63. The van der Waals surface area contributed by atoms with Crippen LogP contribution in [0.2, 0.25) is 0 Å². The molecule has 5 nitrogen and oxygen atoms in total. The highest BCUT2D eigenvalue weighted by atomic mass is 35.5. The Hall–Kier alpha value is -1.01. The van der Waals surface area contributed by atoms with Crippen molar-refractivity contribution in [3.8, 4) is 0 Å². The van der Waals surface area contributed by atoms with Gasteiger partial charge in [-0.2, -0.15) is 0 Å². The monoisotopic (exact) mass is 402 g/mol. The Labute approximate surface area is 169 Å². The van der Waals surface area contributed by atoms with Crippen molar-refractivity contribution in [2.24, 2.45) is 0 Å². The van der Waals surface area contributed by atoms with Crippen LogP contribution >= 0.6 is 24.8 Å². The molecular weight excluding hydrogens is 371 g/mol. The van der Waals surface area contributed by atoms with Crippen molar-refractivity contribution in [1.29, 1.82) is 0 Å². The molecule has 0 bridgehead atoms. The van der Waals surface area contributed by atoms with E-state index in [1.165, 1.54) is 11.3 Å². The minimum Gasteiger partial charge on any atom is -0.369 e. The van der Waals surface area contributed by atoms with E-state index < -0.39 is 0 Å². The van der Waals surface area contributed by atoms with E-state index in [1.54, 1.807) is 0 Å². The normalized spacial score (nSPS) is 20.9. The predicted octanol–water partition coefficient (Wildman–Crippen LogP) is 2.17. The van der Waals surface area contributed by atoms with Gasteiger partial charge >= 0.3 is 0 Å². The molecule has 7 heteroatoms. The van der Waals surface area contributed by atoms with Crippen LogP contribution < -0.4 is 10.2 Å². The van der Waals surface area contributed by atoms with E-state index in [2.05, 4.69) is 53.2 Å². The van der Waals surface area contributed by atoms with Crippen LogP contribution in [0, 0.1) is 6.92 Å². The van der Waals surface area contributed by atoms with Gasteiger partial charge in [-0.15, -0.1) is 24.8 Å². The molecule has 0 saturated carbocycles. The highest BCUT2D eigenvalue weighted by Gasteiger charge is 2.24. The van der Waals surface area contributed by atoms with Gasteiger partial charge in [0, 0.05) is 70.5 Å². The number of hydrogen-bond donors (Lipinski definition) is 1. The van der Waals surface area contributed by atoms with Gasteiger partial charge in [0.25, 0.3) is 0 Å². The Morgan fingerprint density at radius 2 is 1.88 bits per heavy atom. The first-order valence-electron chi connectivity index (χ1n) is 9.17. The maximum absolute atomic E-state index is 12.4. The largest absolute Gasteiger partial charge is 0.369 e. The second-order valence-electron chi connectivity index (χ2n) is 7.06. The fourth-order valence-electron chi connectivity index (χ4n) is 3.66. The maximum atomic E-state index is 12.4. The summed E-state index contributed by atoms with van der Waals surface area (Å²) in [5.74, 6) is 0.310. The molecule has 1 amide bonds. The number of carbonyl (C=O) groups is 1. The van der Waals surface area contributed by atoms with Crippen LogP contribution in [-0.2, 0) is 4.79 Å². The number of halogens is 2. The Kier molecular flexibility index (Phi) is 9.72. The number of hydrogen-bond acceptors (Lipinski definition) is 4. The lowest BCUT2D eigenvalue weighted by atomic mass is 10.1. The number of rotatable bonds is 4. The number of carbonyl (C=O) groups excluding carboxylic acids is 1. The predicted molar refractivity (Wildman–Crippen MR) is 113 cm³/mol. The molecule has 0 aliphatic carbocycles. The summed E-state index contributed by atoms with van der Waals surface area (Å²) in [6, 6.07) is 9.04. The summed E-state index contributed by atoms with van der Waals surface area (Å²) in [4.78, 5) is 19.4. The first-order chi connectivity index (χ1) is 11.6. The number of nitrogens with zero attached hydrogens (tertiary/aromatic N) is 3. The Bertz CT molecular complexity index is 564. The van der Waals surface area contributed by atoms with Crippen LogP contribution in [0.15, 0.2) is 24.3 Å². The first-order valence-corrected chi connectivity index (χ1v) is 9.17. The smallest absolute Gasteiger partial charge is 0.224 e. The van der Waals surface area contributed by atoms with Crippen molar-refractivity contribution < 1.29 is 4.79 Å². The summed E-state index contributed by atoms with van der Waals surface area (Å²) in [5, 5.41) is 3.34. The van der Waals surface area contributed by atoms with E-state index >= 15 is 0 Å². The fourth-order valence-corrected chi connectivity index (χ4v) is 3.66. The van der Waals surface area contributed by atoms with Gasteiger partial charge < -0.3 is 15.1 Å². The molecule has 1 N–H and O–H groups in total. The Morgan fingerprint density at radius 3 is 2.54 bits per heavy atom. The van der Waals surface area contributed by atoms with Gasteiger partial charge in [-0.05, 0) is 31.5 Å². The molecule has 2 fully saturated rings. The van der Waals surface area contributed by atoms with Gasteiger partial charge in [0.05, 0.1) is 0 Å². The Morgan fingerprint density at radius 1 is 1.15 bits per heavy atom. The van der Waals surface area contributed by atoms with E-state index in [1.807, 2.05) is 4.90 Å². The molecule has 0 aromatic heterocycles.